The molecule has 1 N–H and O–H groups in total. The van der Waals surface area contributed by atoms with E-state index < -0.39 is 35.8 Å². The molecule has 3 aromatic rings. The number of carbonyl (C=O) groups excluding carboxylic acids is 2. The topological polar surface area (TPSA) is 106 Å². The summed E-state index contributed by atoms with van der Waals surface area (Å²) in [5, 5.41) is 12.0. The van der Waals surface area contributed by atoms with Crippen molar-refractivity contribution in [1.29, 1.82) is 0 Å². The molecule has 3 atom stereocenters. The maximum Gasteiger partial charge on any atom is 0.339 e. The molecule has 2 heterocycles. The maximum atomic E-state index is 13.8. The quantitative estimate of drug-likeness (QED) is 0.496. The van der Waals surface area contributed by atoms with Gasteiger partial charge in [-0.1, -0.05) is 35.9 Å². The number of nitrogens with zero attached hydrogens (tertiary/aromatic N) is 2. The monoisotopic (exact) mass is 508 g/mol. The van der Waals surface area contributed by atoms with E-state index in [2.05, 4.69) is 0 Å². The molecule has 0 bridgehead atoms. The average molecular weight is 509 g/mol. The predicted molar refractivity (Wildman–Crippen MR) is 130 cm³/mol. The van der Waals surface area contributed by atoms with Crippen molar-refractivity contribution in [3.8, 4) is 11.5 Å². The van der Waals surface area contributed by atoms with E-state index in [9.17, 15) is 19.5 Å². The summed E-state index contributed by atoms with van der Waals surface area (Å²) in [4.78, 5) is 46.8. The molecule has 0 saturated carbocycles. The van der Waals surface area contributed by atoms with Gasteiger partial charge < -0.3 is 14.6 Å². The summed E-state index contributed by atoms with van der Waals surface area (Å²) in [7, 11) is 2.74. The van der Waals surface area contributed by atoms with E-state index >= 15 is 0 Å². The van der Waals surface area contributed by atoms with E-state index in [4.69, 9.17) is 25.9 Å². The van der Waals surface area contributed by atoms with Crippen LogP contribution in [-0.2, 0) is 14.4 Å². The average Bonchev–Trinajstić information content (AvgIpc) is 3.39. The molecule has 0 aromatic heterocycles. The van der Waals surface area contributed by atoms with Gasteiger partial charge in [0.15, 0.2) is 17.6 Å². The molecular formula is C26H21ClN2O7. The first-order valence-corrected chi connectivity index (χ1v) is 11.4. The Hall–Kier alpha value is -4.08. The number of ether oxygens (including phenoxy) is 2. The van der Waals surface area contributed by atoms with Crippen LogP contribution >= 0.6 is 11.6 Å². The van der Waals surface area contributed by atoms with Crippen molar-refractivity contribution >= 4 is 40.8 Å². The number of carboxylic acids is 1. The van der Waals surface area contributed by atoms with Gasteiger partial charge in [0, 0.05) is 5.02 Å². The molecule has 0 spiro atoms. The van der Waals surface area contributed by atoms with Gasteiger partial charge in [-0.05, 0) is 48.0 Å². The number of rotatable bonds is 6. The number of para-hydroxylation sites is 1. The van der Waals surface area contributed by atoms with E-state index in [-0.39, 0.29) is 22.6 Å². The molecule has 36 heavy (non-hydrogen) atoms. The molecule has 2 saturated heterocycles. The van der Waals surface area contributed by atoms with Crippen LogP contribution in [-0.4, -0.2) is 43.2 Å². The first-order valence-electron chi connectivity index (χ1n) is 11.0. The first kappa shape index (κ1) is 23.7. The summed E-state index contributed by atoms with van der Waals surface area (Å²) in [6.45, 7) is 0. The zero-order valence-electron chi connectivity index (χ0n) is 19.3. The summed E-state index contributed by atoms with van der Waals surface area (Å²) in [6, 6.07) is 17.3. The Morgan fingerprint density at radius 2 is 1.61 bits per heavy atom. The lowest BCUT2D eigenvalue weighted by atomic mass is 9.87. The number of benzene rings is 3. The third-order valence-corrected chi connectivity index (χ3v) is 6.57. The molecule has 0 aliphatic carbocycles. The number of carbonyl (C=O) groups is 3. The van der Waals surface area contributed by atoms with Crippen LogP contribution < -0.4 is 19.4 Å². The van der Waals surface area contributed by atoms with Gasteiger partial charge in [0.05, 0.1) is 31.6 Å². The van der Waals surface area contributed by atoms with Crippen LogP contribution in [0.25, 0.3) is 0 Å². The second kappa shape index (κ2) is 9.18. The molecule has 2 aliphatic rings. The van der Waals surface area contributed by atoms with Gasteiger partial charge >= 0.3 is 5.97 Å². The molecule has 0 radical (unpaired) electrons. The third kappa shape index (κ3) is 3.64. The summed E-state index contributed by atoms with van der Waals surface area (Å²) in [5.74, 6) is -3.13. The highest BCUT2D eigenvalue weighted by Crippen LogP contribution is 2.50. The van der Waals surface area contributed by atoms with Gasteiger partial charge in [-0.3, -0.25) is 14.4 Å². The Labute approximate surface area is 211 Å². The number of hydrogen-bond acceptors (Lipinski definition) is 7. The predicted octanol–water partition coefficient (Wildman–Crippen LogP) is 4.11. The van der Waals surface area contributed by atoms with Crippen LogP contribution in [0, 0.1) is 5.92 Å². The van der Waals surface area contributed by atoms with E-state index in [0.29, 0.717) is 16.4 Å². The minimum absolute atomic E-state index is 0.00490. The Balaban J connectivity index is 1.68. The second-order valence-corrected chi connectivity index (χ2v) is 8.65. The normalized spacial score (nSPS) is 21.0. The lowest BCUT2D eigenvalue weighted by molar-refractivity contribution is -0.126. The summed E-state index contributed by atoms with van der Waals surface area (Å²) in [5.41, 5.74) is 0.970. The van der Waals surface area contributed by atoms with E-state index in [1.807, 2.05) is 6.07 Å². The molecule has 2 fully saturated rings. The number of fused-ring (bicyclic) bond motifs is 1. The number of imide groups is 1. The van der Waals surface area contributed by atoms with Gasteiger partial charge in [-0.25, -0.2) is 14.8 Å². The van der Waals surface area contributed by atoms with Crippen LogP contribution in [0.5, 0.6) is 11.5 Å². The fraction of sp³-hybridized carbons (Fsp3) is 0.192. The summed E-state index contributed by atoms with van der Waals surface area (Å²) < 4.78 is 10.7. The van der Waals surface area contributed by atoms with E-state index in [1.165, 1.54) is 19.3 Å². The van der Waals surface area contributed by atoms with Crippen LogP contribution in [0.1, 0.15) is 22.0 Å². The van der Waals surface area contributed by atoms with Crippen molar-refractivity contribution in [2.75, 3.05) is 24.2 Å². The second-order valence-electron chi connectivity index (χ2n) is 8.22. The first-order chi connectivity index (χ1) is 17.4. The molecular weight excluding hydrogens is 488 g/mol. The zero-order valence-corrected chi connectivity index (χ0v) is 20.0. The Bertz CT molecular complexity index is 1350. The number of methoxy groups -OCH3 is 2. The highest BCUT2D eigenvalue weighted by Gasteiger charge is 2.61. The van der Waals surface area contributed by atoms with Crippen molar-refractivity contribution in [2.24, 2.45) is 5.92 Å². The van der Waals surface area contributed by atoms with Crippen molar-refractivity contribution in [1.82, 2.24) is 0 Å². The number of hydrogen-bond donors (Lipinski definition) is 1. The molecule has 5 rings (SSSR count). The fourth-order valence-electron chi connectivity index (χ4n) is 4.78. The largest absolute Gasteiger partial charge is 0.493 e. The Morgan fingerprint density at radius 3 is 2.22 bits per heavy atom. The zero-order chi connectivity index (χ0) is 25.6. The number of hydroxylamine groups is 1. The standard InChI is InChI=1S/C26H21ClN2O7/c1-34-18-13-12-17(19(26(32)33)22(18)35-2)21-20-23(36-29(21)16-6-4-3-5-7-16)25(31)28(24(20)30)15-10-8-14(27)9-11-15/h3-13,20-21,23H,1-2H3,(H,32,33). The lowest BCUT2D eigenvalue weighted by Crippen LogP contribution is -2.37. The van der Waals surface area contributed by atoms with Crippen molar-refractivity contribution < 1.29 is 33.8 Å². The number of aromatic carboxylic acids is 1. The molecule has 9 nitrogen and oxygen atoms in total. The smallest absolute Gasteiger partial charge is 0.339 e. The van der Waals surface area contributed by atoms with Crippen molar-refractivity contribution in [2.45, 2.75) is 12.1 Å². The molecule has 10 heteroatoms. The SMILES string of the molecule is COc1ccc(C2C3C(=O)N(c4ccc(Cl)cc4)C(=O)C3ON2c2ccccc2)c(C(=O)O)c1OC. The van der Waals surface area contributed by atoms with Gasteiger partial charge in [-0.15, -0.1) is 0 Å². The molecule has 3 aromatic carbocycles. The van der Waals surface area contributed by atoms with Crippen LogP contribution in [0.15, 0.2) is 66.7 Å². The molecule has 3 unspecified atom stereocenters. The third-order valence-electron chi connectivity index (χ3n) is 6.32. The maximum absolute atomic E-state index is 13.8. The van der Waals surface area contributed by atoms with E-state index in [1.54, 1.807) is 60.7 Å². The van der Waals surface area contributed by atoms with Gasteiger partial charge in [0.25, 0.3) is 5.91 Å². The van der Waals surface area contributed by atoms with Crippen LogP contribution in [0.2, 0.25) is 5.02 Å². The molecule has 184 valence electrons. The van der Waals surface area contributed by atoms with Gasteiger partial charge in [0.2, 0.25) is 5.91 Å². The highest BCUT2D eigenvalue weighted by molar-refractivity contribution is 6.31. The summed E-state index contributed by atoms with van der Waals surface area (Å²) >= 11 is 5.98. The lowest BCUT2D eigenvalue weighted by Gasteiger charge is -2.30. The number of carboxylic acid groups (broad SMARTS) is 1. The Kier molecular flexibility index (Phi) is 6.03. The highest BCUT2D eigenvalue weighted by atomic mass is 35.5. The number of halogens is 1. The van der Waals surface area contributed by atoms with Gasteiger partial charge in [0.1, 0.15) is 11.5 Å². The number of amides is 2. The summed E-state index contributed by atoms with van der Waals surface area (Å²) in [6.07, 6.45) is -1.16. The minimum Gasteiger partial charge on any atom is -0.493 e. The van der Waals surface area contributed by atoms with Crippen LogP contribution in [0.3, 0.4) is 0 Å². The molecule has 2 amide bonds. The van der Waals surface area contributed by atoms with Crippen molar-refractivity contribution in [3.63, 3.8) is 0 Å². The number of anilines is 2. The molecule has 2 aliphatic heterocycles. The minimum atomic E-state index is -1.27. The Morgan fingerprint density at radius 1 is 0.917 bits per heavy atom. The van der Waals surface area contributed by atoms with Crippen LogP contribution in [0.4, 0.5) is 11.4 Å². The van der Waals surface area contributed by atoms with E-state index in [0.717, 1.165) is 4.90 Å². The van der Waals surface area contributed by atoms with Gasteiger partial charge in [-0.2, -0.15) is 0 Å². The van der Waals surface area contributed by atoms with Crippen molar-refractivity contribution in [3.05, 3.63) is 82.9 Å². The fourth-order valence-corrected chi connectivity index (χ4v) is 4.91.